The highest BCUT2D eigenvalue weighted by atomic mass is 33.1. The van der Waals surface area contributed by atoms with E-state index in [-0.39, 0.29) is 0 Å². The standard InChI is InChI=1S/C18H14S4/c1-3-7-15(8-4-1)19-21-17-11-13-18(14-12-17)22-20-16-9-5-2-6-10-16/h1-14H. The summed E-state index contributed by atoms with van der Waals surface area (Å²) in [6.45, 7) is 0. The van der Waals surface area contributed by atoms with E-state index in [2.05, 4.69) is 72.8 Å². The van der Waals surface area contributed by atoms with Crippen molar-refractivity contribution in [1.29, 1.82) is 0 Å². The monoisotopic (exact) mass is 358 g/mol. The molecule has 0 unspecified atom stereocenters. The number of rotatable bonds is 6. The van der Waals surface area contributed by atoms with Gasteiger partial charge in [0.25, 0.3) is 0 Å². The quantitative estimate of drug-likeness (QED) is 0.424. The molecule has 0 aliphatic rings. The first-order chi connectivity index (χ1) is 10.9. The van der Waals surface area contributed by atoms with Crippen LogP contribution in [-0.2, 0) is 0 Å². The molecule has 0 radical (unpaired) electrons. The molecule has 110 valence electrons. The van der Waals surface area contributed by atoms with Gasteiger partial charge in [0.05, 0.1) is 0 Å². The van der Waals surface area contributed by atoms with Crippen LogP contribution in [-0.4, -0.2) is 0 Å². The highest BCUT2D eigenvalue weighted by Crippen LogP contribution is 2.40. The van der Waals surface area contributed by atoms with Crippen LogP contribution in [0.3, 0.4) is 0 Å². The van der Waals surface area contributed by atoms with Gasteiger partial charge in [0.1, 0.15) is 0 Å². The molecule has 0 heterocycles. The molecule has 0 aliphatic carbocycles. The van der Waals surface area contributed by atoms with E-state index in [1.54, 1.807) is 43.2 Å². The minimum absolute atomic E-state index is 1.28. The van der Waals surface area contributed by atoms with Gasteiger partial charge in [-0.1, -0.05) is 79.6 Å². The first-order valence-electron chi connectivity index (χ1n) is 6.79. The zero-order valence-corrected chi connectivity index (χ0v) is 15.0. The molecule has 4 heteroatoms. The lowest BCUT2D eigenvalue weighted by atomic mass is 10.4. The van der Waals surface area contributed by atoms with Crippen LogP contribution in [0.25, 0.3) is 0 Å². The Morgan fingerprint density at radius 1 is 0.318 bits per heavy atom. The summed E-state index contributed by atoms with van der Waals surface area (Å²) in [5, 5.41) is 0. The molecule has 0 saturated carbocycles. The fourth-order valence-corrected chi connectivity index (χ4v) is 5.60. The van der Waals surface area contributed by atoms with Gasteiger partial charge in [-0.2, -0.15) is 0 Å². The summed E-state index contributed by atoms with van der Waals surface area (Å²) in [5.74, 6) is 0. The van der Waals surface area contributed by atoms with Gasteiger partial charge >= 0.3 is 0 Å². The highest BCUT2D eigenvalue weighted by molar-refractivity contribution is 8.77. The predicted octanol–water partition coefficient (Wildman–Crippen LogP) is 7.29. The van der Waals surface area contributed by atoms with Crippen LogP contribution < -0.4 is 0 Å². The molecule has 0 spiro atoms. The Hall–Kier alpha value is -0.940. The van der Waals surface area contributed by atoms with Crippen molar-refractivity contribution in [3.63, 3.8) is 0 Å². The van der Waals surface area contributed by atoms with E-state index in [0.29, 0.717) is 0 Å². The fraction of sp³-hybridized carbons (Fsp3) is 0. The number of benzene rings is 3. The Bertz CT molecular complexity index is 619. The lowest BCUT2D eigenvalue weighted by Crippen LogP contribution is -1.71. The summed E-state index contributed by atoms with van der Waals surface area (Å²) in [5.41, 5.74) is 0. The molecular weight excluding hydrogens is 344 g/mol. The molecule has 22 heavy (non-hydrogen) atoms. The predicted molar refractivity (Wildman–Crippen MR) is 103 cm³/mol. The van der Waals surface area contributed by atoms with Crippen molar-refractivity contribution < 1.29 is 0 Å². The highest BCUT2D eigenvalue weighted by Gasteiger charge is 2.00. The Morgan fingerprint density at radius 3 is 0.909 bits per heavy atom. The third kappa shape index (κ3) is 5.06. The van der Waals surface area contributed by atoms with Gasteiger partial charge in [0, 0.05) is 19.6 Å². The van der Waals surface area contributed by atoms with E-state index < -0.39 is 0 Å². The number of hydrogen-bond donors (Lipinski definition) is 0. The van der Waals surface area contributed by atoms with Gasteiger partial charge in [-0.15, -0.1) is 0 Å². The van der Waals surface area contributed by atoms with Crippen LogP contribution in [0.15, 0.2) is 105 Å². The Kier molecular flexibility index (Phi) is 6.25. The summed E-state index contributed by atoms with van der Waals surface area (Å²) < 4.78 is 0. The minimum Gasteiger partial charge on any atom is -0.0622 e. The van der Waals surface area contributed by atoms with Crippen LogP contribution >= 0.6 is 43.2 Å². The summed E-state index contributed by atoms with van der Waals surface area (Å²) in [7, 11) is 7.18. The Balaban J connectivity index is 1.52. The van der Waals surface area contributed by atoms with Gasteiger partial charge in [0.15, 0.2) is 0 Å². The second-order valence-corrected chi connectivity index (χ2v) is 8.98. The third-order valence-corrected chi connectivity index (χ3v) is 7.61. The van der Waals surface area contributed by atoms with Crippen LogP contribution in [0.4, 0.5) is 0 Å². The van der Waals surface area contributed by atoms with Crippen molar-refractivity contribution >= 4 is 43.2 Å². The van der Waals surface area contributed by atoms with Gasteiger partial charge in [0.2, 0.25) is 0 Å². The molecule has 3 aromatic rings. The van der Waals surface area contributed by atoms with E-state index in [9.17, 15) is 0 Å². The van der Waals surface area contributed by atoms with Crippen molar-refractivity contribution in [2.75, 3.05) is 0 Å². The average molecular weight is 359 g/mol. The van der Waals surface area contributed by atoms with Gasteiger partial charge in [-0.05, 0) is 48.5 Å². The van der Waals surface area contributed by atoms with Crippen molar-refractivity contribution in [2.45, 2.75) is 19.6 Å². The molecule has 0 saturated heterocycles. The van der Waals surface area contributed by atoms with Crippen LogP contribution in [0.2, 0.25) is 0 Å². The smallest absolute Gasteiger partial charge is 0.0187 e. The SMILES string of the molecule is c1ccc(SSc2ccc(SSc3ccccc3)cc2)cc1. The molecule has 0 atom stereocenters. The maximum atomic E-state index is 2.19. The van der Waals surface area contributed by atoms with Crippen molar-refractivity contribution in [1.82, 2.24) is 0 Å². The summed E-state index contributed by atoms with van der Waals surface area (Å²) in [6.07, 6.45) is 0. The van der Waals surface area contributed by atoms with Crippen LogP contribution in [0.5, 0.6) is 0 Å². The maximum Gasteiger partial charge on any atom is 0.0187 e. The molecule has 0 N–H and O–H groups in total. The number of hydrogen-bond acceptors (Lipinski definition) is 4. The van der Waals surface area contributed by atoms with E-state index >= 15 is 0 Å². The molecule has 0 amide bonds. The van der Waals surface area contributed by atoms with Gasteiger partial charge in [-0.25, -0.2) is 0 Å². The fourth-order valence-electron chi connectivity index (χ4n) is 1.70. The molecule has 0 aromatic heterocycles. The molecule has 0 aliphatic heterocycles. The van der Waals surface area contributed by atoms with Crippen LogP contribution in [0, 0.1) is 0 Å². The maximum absolute atomic E-state index is 2.19. The lowest BCUT2D eigenvalue weighted by Gasteiger charge is -2.04. The zero-order chi connectivity index (χ0) is 15.0. The molecular formula is C18H14S4. The largest absolute Gasteiger partial charge is 0.0622 e. The molecule has 3 aromatic carbocycles. The van der Waals surface area contributed by atoms with Crippen LogP contribution in [0.1, 0.15) is 0 Å². The summed E-state index contributed by atoms with van der Waals surface area (Å²) in [4.78, 5) is 5.13. The van der Waals surface area contributed by atoms with Gasteiger partial charge in [-0.3, -0.25) is 0 Å². The Morgan fingerprint density at radius 2 is 0.591 bits per heavy atom. The Labute approximate surface area is 147 Å². The first kappa shape index (κ1) is 15.9. The van der Waals surface area contributed by atoms with Crippen molar-refractivity contribution in [3.8, 4) is 0 Å². The normalized spacial score (nSPS) is 10.5. The van der Waals surface area contributed by atoms with Crippen molar-refractivity contribution in [2.24, 2.45) is 0 Å². The van der Waals surface area contributed by atoms with Gasteiger partial charge < -0.3 is 0 Å². The third-order valence-electron chi connectivity index (χ3n) is 2.78. The lowest BCUT2D eigenvalue weighted by molar-refractivity contribution is 1.37. The van der Waals surface area contributed by atoms with E-state index in [0.717, 1.165) is 0 Å². The second-order valence-electron chi connectivity index (χ2n) is 4.43. The first-order valence-corrected chi connectivity index (χ1v) is 11.1. The molecule has 0 bridgehead atoms. The van der Waals surface area contributed by atoms with E-state index in [1.165, 1.54) is 19.6 Å². The van der Waals surface area contributed by atoms with Crippen molar-refractivity contribution in [3.05, 3.63) is 84.9 Å². The minimum atomic E-state index is 1.28. The molecule has 3 rings (SSSR count). The second kappa shape index (κ2) is 8.63. The molecule has 0 nitrogen and oxygen atoms in total. The topological polar surface area (TPSA) is 0 Å². The zero-order valence-electron chi connectivity index (χ0n) is 11.7. The summed E-state index contributed by atoms with van der Waals surface area (Å²) >= 11 is 0. The van der Waals surface area contributed by atoms with E-state index in [4.69, 9.17) is 0 Å². The molecule has 0 fully saturated rings. The summed E-state index contributed by atoms with van der Waals surface area (Å²) in [6, 6.07) is 29.7. The van der Waals surface area contributed by atoms with E-state index in [1.807, 2.05) is 12.1 Å². The average Bonchev–Trinajstić information content (AvgIpc) is 2.61.